The summed E-state index contributed by atoms with van der Waals surface area (Å²) in [6.45, 7) is 8.56. The lowest BCUT2D eigenvalue weighted by Gasteiger charge is -2.37. The van der Waals surface area contributed by atoms with Crippen molar-refractivity contribution in [2.75, 3.05) is 43.4 Å². The molecule has 128 valence electrons. The van der Waals surface area contributed by atoms with Crippen LogP contribution in [0.25, 0.3) is 0 Å². The van der Waals surface area contributed by atoms with Crippen LogP contribution in [0.5, 0.6) is 11.6 Å². The fourth-order valence-corrected chi connectivity index (χ4v) is 2.84. The van der Waals surface area contributed by atoms with Crippen LogP contribution in [0, 0.1) is 0 Å². The lowest BCUT2D eigenvalue weighted by atomic mass is 10.2. The molecule has 1 aliphatic rings. The van der Waals surface area contributed by atoms with Crippen molar-refractivity contribution in [3.05, 3.63) is 36.7 Å². The molecule has 0 radical (unpaired) electrons. The number of benzene rings is 1. The van der Waals surface area contributed by atoms with Crippen LogP contribution in [0.15, 0.2) is 36.7 Å². The summed E-state index contributed by atoms with van der Waals surface area (Å²) in [5.74, 6) is 2.27. The van der Waals surface area contributed by atoms with Gasteiger partial charge in [0.15, 0.2) is 0 Å². The maximum atomic E-state index is 5.85. The van der Waals surface area contributed by atoms with E-state index >= 15 is 0 Å². The normalized spacial score (nSPS) is 15.6. The number of anilines is 2. The number of aromatic nitrogens is 2. The van der Waals surface area contributed by atoms with Gasteiger partial charge >= 0.3 is 0 Å². The largest absolute Gasteiger partial charge is 0.439 e. The third-order valence-electron chi connectivity index (χ3n) is 4.36. The molecule has 0 unspecified atom stereocenters. The van der Waals surface area contributed by atoms with Gasteiger partial charge in [-0.05, 0) is 38.1 Å². The van der Waals surface area contributed by atoms with Crippen molar-refractivity contribution in [2.45, 2.75) is 19.9 Å². The fourth-order valence-electron chi connectivity index (χ4n) is 2.84. The first kappa shape index (κ1) is 16.5. The summed E-state index contributed by atoms with van der Waals surface area (Å²) in [4.78, 5) is 13.4. The summed E-state index contributed by atoms with van der Waals surface area (Å²) in [6, 6.07) is 10.3. The summed E-state index contributed by atoms with van der Waals surface area (Å²) in [5, 5.41) is 3.09. The Morgan fingerprint density at radius 3 is 2.38 bits per heavy atom. The highest BCUT2D eigenvalue weighted by atomic mass is 16.5. The molecule has 1 aliphatic heterocycles. The van der Waals surface area contributed by atoms with Crippen molar-refractivity contribution in [1.29, 1.82) is 0 Å². The SMILES string of the molecule is CNc1ccc(Oc2cc(N3CCN(C(C)C)CC3)ncn2)cc1. The highest BCUT2D eigenvalue weighted by Crippen LogP contribution is 2.24. The van der Waals surface area contributed by atoms with E-state index in [4.69, 9.17) is 4.74 Å². The molecular weight excluding hydrogens is 302 g/mol. The maximum absolute atomic E-state index is 5.85. The zero-order valence-electron chi connectivity index (χ0n) is 14.6. The van der Waals surface area contributed by atoms with E-state index in [9.17, 15) is 0 Å². The van der Waals surface area contributed by atoms with Gasteiger partial charge in [0.2, 0.25) is 5.88 Å². The van der Waals surface area contributed by atoms with E-state index < -0.39 is 0 Å². The minimum Gasteiger partial charge on any atom is -0.439 e. The molecule has 2 aromatic rings. The van der Waals surface area contributed by atoms with E-state index in [1.54, 1.807) is 6.33 Å². The van der Waals surface area contributed by atoms with Gasteiger partial charge in [0, 0.05) is 51.0 Å². The standard InChI is InChI=1S/C18H25N5O/c1-14(2)22-8-10-23(11-9-22)17-12-18(21-13-20-17)24-16-6-4-15(19-3)5-7-16/h4-7,12-14,19H,8-11H2,1-3H3. The van der Waals surface area contributed by atoms with Crippen LogP contribution >= 0.6 is 0 Å². The molecule has 1 fully saturated rings. The van der Waals surface area contributed by atoms with Gasteiger partial charge in [-0.15, -0.1) is 0 Å². The molecule has 2 heterocycles. The molecule has 0 amide bonds. The average Bonchev–Trinajstić information content (AvgIpc) is 2.63. The number of rotatable bonds is 5. The quantitative estimate of drug-likeness (QED) is 0.911. The van der Waals surface area contributed by atoms with Gasteiger partial charge < -0.3 is 15.0 Å². The number of nitrogens with one attached hydrogen (secondary N) is 1. The molecule has 0 spiro atoms. The fraction of sp³-hybridized carbons (Fsp3) is 0.444. The van der Waals surface area contributed by atoms with E-state index in [0.717, 1.165) is 43.4 Å². The van der Waals surface area contributed by atoms with Crippen LogP contribution < -0.4 is 15.0 Å². The first-order valence-electron chi connectivity index (χ1n) is 8.42. The van der Waals surface area contributed by atoms with Gasteiger partial charge in [-0.25, -0.2) is 9.97 Å². The zero-order valence-corrected chi connectivity index (χ0v) is 14.6. The van der Waals surface area contributed by atoms with E-state index in [0.29, 0.717) is 11.9 Å². The molecule has 3 rings (SSSR count). The highest BCUT2D eigenvalue weighted by molar-refractivity contribution is 5.47. The minimum absolute atomic E-state index is 0.573. The first-order chi connectivity index (χ1) is 11.7. The predicted octanol–water partition coefficient (Wildman–Crippen LogP) is 2.84. The second-order valence-electron chi connectivity index (χ2n) is 6.21. The average molecular weight is 327 g/mol. The zero-order chi connectivity index (χ0) is 16.9. The summed E-state index contributed by atoms with van der Waals surface area (Å²) in [6.07, 6.45) is 1.57. The van der Waals surface area contributed by atoms with Gasteiger partial charge in [0.25, 0.3) is 0 Å². The van der Waals surface area contributed by atoms with Crippen molar-refractivity contribution < 1.29 is 4.74 Å². The smallest absolute Gasteiger partial charge is 0.224 e. The van der Waals surface area contributed by atoms with E-state index in [1.807, 2.05) is 37.4 Å². The summed E-state index contributed by atoms with van der Waals surface area (Å²) in [7, 11) is 1.89. The molecule has 6 heteroatoms. The molecule has 1 aromatic heterocycles. The number of hydrogen-bond acceptors (Lipinski definition) is 6. The monoisotopic (exact) mass is 327 g/mol. The maximum Gasteiger partial charge on any atom is 0.224 e. The Morgan fingerprint density at radius 1 is 1.04 bits per heavy atom. The summed E-state index contributed by atoms with van der Waals surface area (Å²) in [5.41, 5.74) is 1.05. The van der Waals surface area contributed by atoms with Crippen LogP contribution in [0.1, 0.15) is 13.8 Å². The van der Waals surface area contributed by atoms with Crippen molar-refractivity contribution in [2.24, 2.45) is 0 Å². The predicted molar refractivity (Wildman–Crippen MR) is 97.0 cm³/mol. The molecule has 0 bridgehead atoms. The van der Waals surface area contributed by atoms with E-state index in [-0.39, 0.29) is 0 Å². The Morgan fingerprint density at radius 2 is 1.75 bits per heavy atom. The van der Waals surface area contributed by atoms with Gasteiger partial charge in [0.1, 0.15) is 17.9 Å². The Kier molecular flexibility index (Phi) is 5.15. The second-order valence-corrected chi connectivity index (χ2v) is 6.21. The lowest BCUT2D eigenvalue weighted by Crippen LogP contribution is -2.49. The lowest BCUT2D eigenvalue weighted by molar-refractivity contribution is 0.209. The summed E-state index contributed by atoms with van der Waals surface area (Å²) >= 11 is 0. The van der Waals surface area contributed by atoms with Crippen LogP contribution in [0.4, 0.5) is 11.5 Å². The molecule has 6 nitrogen and oxygen atoms in total. The van der Waals surface area contributed by atoms with Crippen LogP contribution in [-0.4, -0.2) is 54.1 Å². The molecule has 1 saturated heterocycles. The Labute approximate surface area is 143 Å². The van der Waals surface area contributed by atoms with Crippen LogP contribution in [0.2, 0.25) is 0 Å². The van der Waals surface area contributed by atoms with Crippen LogP contribution in [0.3, 0.4) is 0 Å². The molecule has 0 atom stereocenters. The Balaban J connectivity index is 1.65. The number of piperazine rings is 1. The number of ether oxygens (including phenoxy) is 1. The third-order valence-corrected chi connectivity index (χ3v) is 4.36. The van der Waals surface area contributed by atoms with Gasteiger partial charge in [-0.2, -0.15) is 0 Å². The third kappa shape index (κ3) is 3.94. The van der Waals surface area contributed by atoms with E-state index in [1.165, 1.54) is 0 Å². The van der Waals surface area contributed by atoms with Gasteiger partial charge in [0.05, 0.1) is 0 Å². The molecular formula is C18H25N5O. The topological polar surface area (TPSA) is 53.5 Å². The molecule has 24 heavy (non-hydrogen) atoms. The summed E-state index contributed by atoms with van der Waals surface area (Å²) < 4.78 is 5.85. The Hall–Kier alpha value is -2.34. The molecule has 1 N–H and O–H groups in total. The van der Waals surface area contributed by atoms with Crippen molar-refractivity contribution >= 4 is 11.5 Å². The second kappa shape index (κ2) is 7.49. The molecule has 1 aromatic carbocycles. The van der Waals surface area contributed by atoms with Gasteiger partial charge in [-0.3, -0.25) is 4.90 Å². The van der Waals surface area contributed by atoms with Crippen LogP contribution in [-0.2, 0) is 0 Å². The highest BCUT2D eigenvalue weighted by Gasteiger charge is 2.20. The first-order valence-corrected chi connectivity index (χ1v) is 8.42. The molecule has 0 aliphatic carbocycles. The number of hydrogen-bond donors (Lipinski definition) is 1. The minimum atomic E-state index is 0.573. The molecule has 0 saturated carbocycles. The van der Waals surface area contributed by atoms with Crippen molar-refractivity contribution in [3.63, 3.8) is 0 Å². The van der Waals surface area contributed by atoms with Crippen molar-refractivity contribution in [3.8, 4) is 11.6 Å². The van der Waals surface area contributed by atoms with E-state index in [2.05, 4.69) is 38.9 Å². The van der Waals surface area contributed by atoms with Crippen molar-refractivity contribution in [1.82, 2.24) is 14.9 Å². The van der Waals surface area contributed by atoms with Gasteiger partial charge in [-0.1, -0.05) is 0 Å². The number of nitrogens with zero attached hydrogens (tertiary/aromatic N) is 4. The Bertz CT molecular complexity index is 651.